The van der Waals surface area contributed by atoms with E-state index in [0.29, 0.717) is 0 Å². The molecule has 3 heteroatoms. The molecule has 0 spiro atoms. The Morgan fingerprint density at radius 1 is 1.33 bits per heavy atom. The summed E-state index contributed by atoms with van der Waals surface area (Å²) in [6, 6.07) is 0. The lowest BCUT2D eigenvalue weighted by molar-refractivity contribution is -0.101. The van der Waals surface area contributed by atoms with Gasteiger partial charge in [-0.25, -0.2) is 0 Å². The third-order valence-corrected chi connectivity index (χ3v) is 1.81. The van der Waals surface area contributed by atoms with Crippen molar-refractivity contribution in [3.05, 3.63) is 0 Å². The van der Waals surface area contributed by atoms with Crippen molar-refractivity contribution in [1.82, 2.24) is 0 Å². The van der Waals surface area contributed by atoms with Crippen molar-refractivity contribution < 1.29 is 9.47 Å². The molecule has 0 heterocycles. The highest BCUT2D eigenvalue weighted by atomic mass is 32.1. The van der Waals surface area contributed by atoms with Gasteiger partial charge < -0.3 is 9.47 Å². The van der Waals surface area contributed by atoms with Gasteiger partial charge in [0.1, 0.15) is 0 Å². The average molecular weight is 150 g/mol. The molecule has 0 bridgehead atoms. The van der Waals surface area contributed by atoms with Gasteiger partial charge in [0.15, 0.2) is 6.29 Å². The molecule has 0 fully saturated rings. The molecular formula is C6H14O2S. The van der Waals surface area contributed by atoms with E-state index in [9.17, 15) is 0 Å². The lowest BCUT2D eigenvalue weighted by Crippen LogP contribution is -2.24. The van der Waals surface area contributed by atoms with E-state index < -0.39 is 0 Å². The highest BCUT2D eigenvalue weighted by molar-refractivity contribution is 7.81. The molecule has 9 heavy (non-hydrogen) atoms. The van der Waals surface area contributed by atoms with Crippen LogP contribution in [-0.4, -0.2) is 25.8 Å². The zero-order valence-electron chi connectivity index (χ0n) is 6.13. The van der Waals surface area contributed by atoms with Gasteiger partial charge in [-0.15, -0.1) is 0 Å². The Balaban J connectivity index is 3.50. The minimum Gasteiger partial charge on any atom is -0.355 e. The van der Waals surface area contributed by atoms with Crippen LogP contribution >= 0.6 is 12.6 Å². The SMILES string of the molecule is CCC(S)C(OC)OC. The fraction of sp³-hybridized carbons (Fsp3) is 1.00. The molecule has 0 N–H and O–H groups in total. The first-order chi connectivity index (χ1) is 4.26. The largest absolute Gasteiger partial charge is 0.355 e. The Bertz CT molecular complexity index is 64.1. The molecule has 2 nitrogen and oxygen atoms in total. The van der Waals surface area contributed by atoms with E-state index in [1.54, 1.807) is 14.2 Å². The topological polar surface area (TPSA) is 18.5 Å². The maximum atomic E-state index is 4.95. The Hall–Kier alpha value is 0.270. The van der Waals surface area contributed by atoms with Crippen molar-refractivity contribution >= 4 is 12.6 Å². The van der Waals surface area contributed by atoms with Crippen LogP contribution in [0.4, 0.5) is 0 Å². The van der Waals surface area contributed by atoms with Crippen LogP contribution in [-0.2, 0) is 9.47 Å². The maximum absolute atomic E-state index is 4.95. The van der Waals surface area contributed by atoms with Crippen LogP contribution in [0.3, 0.4) is 0 Å². The molecule has 0 saturated carbocycles. The molecule has 0 aliphatic carbocycles. The fourth-order valence-electron chi connectivity index (χ4n) is 0.603. The normalized spacial score (nSPS) is 14.3. The third-order valence-electron chi connectivity index (χ3n) is 1.20. The molecule has 0 aromatic heterocycles. The minimum atomic E-state index is -0.168. The van der Waals surface area contributed by atoms with Crippen molar-refractivity contribution in [2.45, 2.75) is 24.9 Å². The molecule has 0 aromatic rings. The summed E-state index contributed by atoms with van der Waals surface area (Å²) in [5, 5.41) is 0.181. The predicted molar refractivity (Wildman–Crippen MR) is 40.9 cm³/mol. The molecule has 0 radical (unpaired) electrons. The zero-order valence-corrected chi connectivity index (χ0v) is 7.02. The molecule has 1 atom stereocenters. The molecule has 1 unspecified atom stereocenters. The van der Waals surface area contributed by atoms with Gasteiger partial charge in [-0.2, -0.15) is 12.6 Å². The van der Waals surface area contributed by atoms with E-state index in [0.717, 1.165) is 6.42 Å². The summed E-state index contributed by atoms with van der Waals surface area (Å²) >= 11 is 4.24. The smallest absolute Gasteiger partial charge is 0.168 e. The van der Waals surface area contributed by atoms with Crippen molar-refractivity contribution in [2.75, 3.05) is 14.2 Å². The number of thiol groups is 1. The monoisotopic (exact) mass is 150 g/mol. The maximum Gasteiger partial charge on any atom is 0.168 e. The van der Waals surface area contributed by atoms with Gasteiger partial charge in [-0.3, -0.25) is 0 Å². The number of hydrogen-bond acceptors (Lipinski definition) is 3. The molecule has 56 valence electrons. The molecule has 0 saturated heterocycles. The van der Waals surface area contributed by atoms with Crippen LogP contribution in [0.1, 0.15) is 13.3 Å². The summed E-state index contributed by atoms with van der Waals surface area (Å²) in [4.78, 5) is 0. The second-order valence-electron chi connectivity index (χ2n) is 1.82. The summed E-state index contributed by atoms with van der Waals surface area (Å²) in [7, 11) is 3.24. The number of hydrogen-bond donors (Lipinski definition) is 1. The van der Waals surface area contributed by atoms with E-state index in [2.05, 4.69) is 12.6 Å². The van der Waals surface area contributed by atoms with Gasteiger partial charge in [0.25, 0.3) is 0 Å². The minimum absolute atomic E-state index is 0.168. The first-order valence-corrected chi connectivity index (χ1v) is 3.51. The van der Waals surface area contributed by atoms with Crippen molar-refractivity contribution in [3.63, 3.8) is 0 Å². The van der Waals surface area contributed by atoms with Gasteiger partial charge >= 0.3 is 0 Å². The van der Waals surface area contributed by atoms with E-state index in [4.69, 9.17) is 9.47 Å². The quantitative estimate of drug-likeness (QED) is 0.481. The van der Waals surface area contributed by atoms with Gasteiger partial charge in [-0.1, -0.05) is 6.92 Å². The molecule has 0 rings (SSSR count). The third kappa shape index (κ3) is 3.08. The average Bonchev–Trinajstić information content (AvgIpc) is 1.90. The Labute approximate surface area is 61.9 Å². The molecule has 0 aromatic carbocycles. The van der Waals surface area contributed by atoms with Gasteiger partial charge in [0.05, 0.1) is 5.25 Å². The van der Waals surface area contributed by atoms with Gasteiger partial charge in [0.2, 0.25) is 0 Å². The highest BCUT2D eigenvalue weighted by Gasteiger charge is 2.13. The summed E-state index contributed by atoms with van der Waals surface area (Å²) in [6.45, 7) is 2.04. The van der Waals surface area contributed by atoms with E-state index >= 15 is 0 Å². The van der Waals surface area contributed by atoms with Crippen LogP contribution in [0, 0.1) is 0 Å². The number of methoxy groups -OCH3 is 2. The predicted octanol–water partition coefficient (Wildman–Crippen LogP) is 1.31. The first kappa shape index (κ1) is 9.27. The van der Waals surface area contributed by atoms with Crippen LogP contribution in [0.5, 0.6) is 0 Å². The highest BCUT2D eigenvalue weighted by Crippen LogP contribution is 2.09. The lowest BCUT2D eigenvalue weighted by atomic mass is 10.3. The Morgan fingerprint density at radius 3 is 1.89 bits per heavy atom. The number of ether oxygens (including phenoxy) is 2. The summed E-state index contributed by atoms with van der Waals surface area (Å²) < 4.78 is 9.91. The van der Waals surface area contributed by atoms with Crippen molar-refractivity contribution in [2.24, 2.45) is 0 Å². The summed E-state index contributed by atoms with van der Waals surface area (Å²) in [6.07, 6.45) is 0.786. The molecule has 0 aliphatic rings. The van der Waals surface area contributed by atoms with Crippen LogP contribution < -0.4 is 0 Å². The van der Waals surface area contributed by atoms with Crippen LogP contribution in [0.15, 0.2) is 0 Å². The summed E-state index contributed by atoms with van der Waals surface area (Å²) in [5.41, 5.74) is 0. The second kappa shape index (κ2) is 5.09. The van der Waals surface area contributed by atoms with E-state index in [1.807, 2.05) is 6.92 Å². The fourth-order valence-corrected chi connectivity index (χ4v) is 0.846. The lowest BCUT2D eigenvalue weighted by Gasteiger charge is -2.18. The second-order valence-corrected chi connectivity index (χ2v) is 2.48. The van der Waals surface area contributed by atoms with Crippen LogP contribution in [0.25, 0.3) is 0 Å². The zero-order chi connectivity index (χ0) is 7.28. The number of rotatable bonds is 4. The Kier molecular flexibility index (Phi) is 5.24. The Morgan fingerprint density at radius 2 is 1.78 bits per heavy atom. The first-order valence-electron chi connectivity index (χ1n) is 2.99. The molecule has 0 aliphatic heterocycles. The standard InChI is InChI=1S/C6H14O2S/c1-4-5(9)6(7-2)8-3/h5-6,9H,4H2,1-3H3. The van der Waals surface area contributed by atoms with E-state index in [1.165, 1.54) is 0 Å². The van der Waals surface area contributed by atoms with Crippen molar-refractivity contribution in [1.29, 1.82) is 0 Å². The molecular weight excluding hydrogens is 136 g/mol. The van der Waals surface area contributed by atoms with Gasteiger partial charge in [-0.05, 0) is 6.42 Å². The van der Waals surface area contributed by atoms with Crippen molar-refractivity contribution in [3.8, 4) is 0 Å². The van der Waals surface area contributed by atoms with E-state index in [-0.39, 0.29) is 11.5 Å². The van der Waals surface area contributed by atoms with Crippen LogP contribution in [0.2, 0.25) is 0 Å². The van der Waals surface area contributed by atoms with Gasteiger partial charge in [0, 0.05) is 14.2 Å². The molecule has 0 amide bonds. The summed E-state index contributed by atoms with van der Waals surface area (Å²) in [5.74, 6) is 0.